The summed E-state index contributed by atoms with van der Waals surface area (Å²) in [6, 6.07) is 13.8. The lowest BCUT2D eigenvalue weighted by Gasteiger charge is -2.14. The van der Waals surface area contributed by atoms with E-state index in [0.717, 1.165) is 19.3 Å². The highest BCUT2D eigenvalue weighted by Gasteiger charge is 2.19. The summed E-state index contributed by atoms with van der Waals surface area (Å²) in [6.45, 7) is 0.845. The summed E-state index contributed by atoms with van der Waals surface area (Å²) in [5.74, 6) is -1.02. The highest BCUT2D eigenvalue weighted by Crippen LogP contribution is 2.24. The number of amides is 2. The normalized spacial score (nSPS) is 13.1. The second kappa shape index (κ2) is 9.73. The van der Waals surface area contributed by atoms with Crippen LogP contribution < -0.4 is 15.4 Å². The Bertz CT molecular complexity index is 882. The van der Waals surface area contributed by atoms with Crippen LogP contribution in [-0.4, -0.2) is 37.0 Å². The molecule has 7 nitrogen and oxygen atoms in total. The first kappa shape index (κ1) is 20.4. The zero-order chi connectivity index (χ0) is 20.6. The van der Waals surface area contributed by atoms with Crippen molar-refractivity contribution in [3.05, 3.63) is 59.7 Å². The molecule has 0 radical (unpaired) electrons. The van der Waals surface area contributed by atoms with E-state index in [2.05, 4.69) is 10.6 Å². The van der Waals surface area contributed by atoms with Crippen LogP contribution in [0.5, 0.6) is 5.75 Å². The number of aryl methyl sites for hydroxylation is 2. The largest absolute Gasteiger partial charge is 0.484 e. The standard InChI is InChI=1S/C22H24N2O5/c1-15(23-20(25)13-28-19-8-3-2-4-9-19)22(27)29-14-21(26)24-18-11-10-16-6-5-7-17(16)12-18/h2-4,8-12,15H,5-7,13-14H2,1H3,(H,23,25)(H,24,26)/t15-/m0/s1. The quantitative estimate of drug-likeness (QED) is 0.668. The Morgan fingerprint density at radius 2 is 1.72 bits per heavy atom. The van der Waals surface area contributed by atoms with Gasteiger partial charge in [0.15, 0.2) is 13.2 Å². The fraction of sp³-hybridized carbons (Fsp3) is 0.318. The highest BCUT2D eigenvalue weighted by molar-refractivity contribution is 5.93. The molecule has 0 spiro atoms. The number of nitrogens with one attached hydrogen (secondary N) is 2. The van der Waals surface area contributed by atoms with E-state index in [1.807, 2.05) is 24.3 Å². The third kappa shape index (κ3) is 6.07. The van der Waals surface area contributed by atoms with Crippen molar-refractivity contribution in [1.82, 2.24) is 5.32 Å². The van der Waals surface area contributed by atoms with E-state index in [1.54, 1.807) is 24.3 Å². The minimum absolute atomic E-state index is 0.222. The van der Waals surface area contributed by atoms with Gasteiger partial charge in [0, 0.05) is 5.69 Å². The maximum Gasteiger partial charge on any atom is 0.328 e. The van der Waals surface area contributed by atoms with Gasteiger partial charge >= 0.3 is 5.97 Å². The van der Waals surface area contributed by atoms with Crippen molar-refractivity contribution in [1.29, 1.82) is 0 Å². The van der Waals surface area contributed by atoms with Crippen LogP contribution in [0.1, 0.15) is 24.5 Å². The fourth-order valence-corrected chi connectivity index (χ4v) is 3.12. The van der Waals surface area contributed by atoms with E-state index in [0.29, 0.717) is 11.4 Å². The first-order valence-electron chi connectivity index (χ1n) is 9.57. The molecular formula is C22H24N2O5. The SMILES string of the molecule is C[C@H](NC(=O)COc1ccccc1)C(=O)OCC(=O)Nc1ccc2c(c1)CCC2. The molecule has 29 heavy (non-hydrogen) atoms. The Hall–Kier alpha value is -3.35. The van der Waals surface area contributed by atoms with Crippen molar-refractivity contribution < 1.29 is 23.9 Å². The van der Waals surface area contributed by atoms with Gasteiger partial charge in [-0.15, -0.1) is 0 Å². The molecule has 152 valence electrons. The first-order valence-corrected chi connectivity index (χ1v) is 9.57. The molecule has 2 N–H and O–H groups in total. The Kier molecular flexibility index (Phi) is 6.84. The van der Waals surface area contributed by atoms with Crippen molar-refractivity contribution in [2.75, 3.05) is 18.5 Å². The van der Waals surface area contributed by atoms with E-state index in [9.17, 15) is 14.4 Å². The molecule has 0 saturated carbocycles. The number of anilines is 1. The van der Waals surface area contributed by atoms with Crippen LogP contribution in [0.25, 0.3) is 0 Å². The number of fused-ring (bicyclic) bond motifs is 1. The van der Waals surface area contributed by atoms with E-state index in [-0.39, 0.29) is 6.61 Å². The lowest BCUT2D eigenvalue weighted by molar-refractivity contribution is -0.150. The van der Waals surface area contributed by atoms with Gasteiger partial charge in [-0.1, -0.05) is 24.3 Å². The second-order valence-electron chi connectivity index (χ2n) is 6.88. The summed E-state index contributed by atoms with van der Waals surface area (Å²) in [4.78, 5) is 35.9. The minimum atomic E-state index is -0.894. The molecule has 3 rings (SSSR count). The molecule has 0 aliphatic heterocycles. The van der Waals surface area contributed by atoms with Gasteiger partial charge in [0.1, 0.15) is 11.8 Å². The topological polar surface area (TPSA) is 93.7 Å². The minimum Gasteiger partial charge on any atom is -0.484 e. The summed E-state index contributed by atoms with van der Waals surface area (Å²) < 4.78 is 10.3. The lowest BCUT2D eigenvalue weighted by Crippen LogP contribution is -2.42. The number of ether oxygens (including phenoxy) is 2. The van der Waals surface area contributed by atoms with Crippen LogP contribution >= 0.6 is 0 Å². The van der Waals surface area contributed by atoms with Crippen molar-refractivity contribution in [2.24, 2.45) is 0 Å². The second-order valence-corrected chi connectivity index (χ2v) is 6.88. The Morgan fingerprint density at radius 3 is 2.52 bits per heavy atom. The summed E-state index contributed by atoms with van der Waals surface area (Å²) in [7, 11) is 0. The number of para-hydroxylation sites is 1. The van der Waals surface area contributed by atoms with Gasteiger partial charge in [0.2, 0.25) is 0 Å². The molecule has 0 aromatic heterocycles. The number of benzene rings is 2. The summed E-state index contributed by atoms with van der Waals surface area (Å²) >= 11 is 0. The van der Waals surface area contributed by atoms with Crippen LogP contribution in [0, 0.1) is 0 Å². The molecule has 0 unspecified atom stereocenters. The molecule has 2 amide bonds. The fourth-order valence-electron chi connectivity index (χ4n) is 3.12. The van der Waals surface area contributed by atoms with Crippen LogP contribution in [0.2, 0.25) is 0 Å². The predicted octanol–water partition coefficient (Wildman–Crippen LogP) is 2.24. The number of rotatable bonds is 8. The third-order valence-electron chi connectivity index (χ3n) is 4.57. The van der Waals surface area contributed by atoms with Gasteiger partial charge in [0.05, 0.1) is 0 Å². The molecule has 2 aromatic rings. The van der Waals surface area contributed by atoms with Crippen molar-refractivity contribution in [2.45, 2.75) is 32.2 Å². The molecule has 0 saturated heterocycles. The molecule has 0 bridgehead atoms. The molecule has 0 heterocycles. The predicted molar refractivity (Wildman–Crippen MR) is 108 cm³/mol. The average molecular weight is 396 g/mol. The number of hydrogen-bond acceptors (Lipinski definition) is 5. The number of carbonyl (C=O) groups excluding carboxylic acids is 3. The van der Waals surface area contributed by atoms with E-state index < -0.39 is 30.4 Å². The maximum absolute atomic E-state index is 12.0. The van der Waals surface area contributed by atoms with E-state index in [1.165, 1.54) is 18.1 Å². The van der Waals surface area contributed by atoms with Crippen LogP contribution in [0.4, 0.5) is 5.69 Å². The molecular weight excluding hydrogens is 372 g/mol. The molecule has 1 aliphatic carbocycles. The average Bonchev–Trinajstić information content (AvgIpc) is 3.19. The highest BCUT2D eigenvalue weighted by atomic mass is 16.5. The van der Waals surface area contributed by atoms with Gasteiger partial charge < -0.3 is 20.1 Å². The maximum atomic E-state index is 12.0. The molecule has 2 aromatic carbocycles. The van der Waals surface area contributed by atoms with Gasteiger partial charge in [-0.2, -0.15) is 0 Å². The van der Waals surface area contributed by atoms with Crippen molar-refractivity contribution >= 4 is 23.5 Å². The first-order chi connectivity index (χ1) is 14.0. The van der Waals surface area contributed by atoms with Crippen molar-refractivity contribution in [3.8, 4) is 5.75 Å². The number of hydrogen-bond donors (Lipinski definition) is 2. The monoisotopic (exact) mass is 396 g/mol. The van der Waals surface area contributed by atoms with Gasteiger partial charge in [0.25, 0.3) is 11.8 Å². The van der Waals surface area contributed by atoms with Crippen LogP contribution in [-0.2, 0) is 32.0 Å². The van der Waals surface area contributed by atoms with Gasteiger partial charge in [-0.3, -0.25) is 9.59 Å². The zero-order valence-electron chi connectivity index (χ0n) is 16.3. The Balaban J connectivity index is 1.37. The third-order valence-corrected chi connectivity index (χ3v) is 4.57. The van der Waals surface area contributed by atoms with E-state index >= 15 is 0 Å². The Morgan fingerprint density at radius 1 is 0.966 bits per heavy atom. The smallest absolute Gasteiger partial charge is 0.328 e. The zero-order valence-corrected chi connectivity index (χ0v) is 16.3. The van der Waals surface area contributed by atoms with Gasteiger partial charge in [-0.05, 0) is 61.6 Å². The van der Waals surface area contributed by atoms with Crippen LogP contribution in [0.15, 0.2) is 48.5 Å². The van der Waals surface area contributed by atoms with Gasteiger partial charge in [-0.25, -0.2) is 4.79 Å². The summed E-state index contributed by atoms with van der Waals surface area (Å²) in [5, 5.41) is 5.20. The number of carbonyl (C=O) groups is 3. The molecule has 1 atom stereocenters. The molecule has 7 heteroatoms. The molecule has 0 fully saturated rings. The number of esters is 1. The molecule has 1 aliphatic rings. The summed E-state index contributed by atoms with van der Waals surface area (Å²) in [6.07, 6.45) is 3.21. The lowest BCUT2D eigenvalue weighted by atomic mass is 10.1. The summed E-state index contributed by atoms with van der Waals surface area (Å²) in [5.41, 5.74) is 3.25. The van der Waals surface area contributed by atoms with E-state index in [4.69, 9.17) is 9.47 Å². The van der Waals surface area contributed by atoms with Crippen LogP contribution in [0.3, 0.4) is 0 Å². The Labute approximate surface area is 169 Å². The van der Waals surface area contributed by atoms with Crippen molar-refractivity contribution in [3.63, 3.8) is 0 Å².